The maximum absolute atomic E-state index is 12.2. The maximum Gasteiger partial charge on any atom is 0.273 e. The van der Waals surface area contributed by atoms with Crippen molar-refractivity contribution in [3.05, 3.63) is 27.2 Å². The van der Waals surface area contributed by atoms with Crippen LogP contribution in [0.3, 0.4) is 0 Å². The van der Waals surface area contributed by atoms with Crippen LogP contribution in [0.5, 0.6) is 5.88 Å². The molecule has 2 heterocycles. The van der Waals surface area contributed by atoms with Crippen molar-refractivity contribution in [2.24, 2.45) is 0 Å². The van der Waals surface area contributed by atoms with E-state index in [0.29, 0.717) is 11.6 Å². The van der Waals surface area contributed by atoms with Gasteiger partial charge in [-0.15, -0.1) is 11.3 Å². The molecule has 1 N–H and O–H groups in total. The van der Waals surface area contributed by atoms with Gasteiger partial charge in [0.15, 0.2) is 0 Å². The van der Waals surface area contributed by atoms with Crippen LogP contribution in [-0.2, 0) is 10.0 Å². The minimum Gasteiger partial charge on any atom is -0.481 e. The number of hydrogen-bond donors (Lipinski definition) is 1. The third-order valence-corrected chi connectivity index (χ3v) is 6.30. The van der Waals surface area contributed by atoms with E-state index in [1.165, 1.54) is 7.11 Å². The van der Waals surface area contributed by atoms with Gasteiger partial charge in [-0.1, -0.05) is 0 Å². The summed E-state index contributed by atoms with van der Waals surface area (Å²) in [6.45, 7) is 3.56. The molecule has 0 aliphatic rings. The Hall–Kier alpha value is -1.19. The molecule has 6 nitrogen and oxygen atoms in total. The first-order valence-electron chi connectivity index (χ1n) is 5.50. The summed E-state index contributed by atoms with van der Waals surface area (Å²) in [7, 11) is -2.24. The molecule has 0 atom stereocenters. The number of hydrogen-bond acceptors (Lipinski definition) is 6. The number of rotatable bonds is 4. The maximum atomic E-state index is 12.2. The number of methoxy groups -OCH3 is 1. The van der Waals surface area contributed by atoms with Crippen LogP contribution in [0.25, 0.3) is 0 Å². The Kier molecular flexibility index (Phi) is 4.31. The molecule has 0 aromatic carbocycles. The third-order valence-electron chi connectivity index (χ3n) is 2.36. The van der Waals surface area contributed by atoms with Gasteiger partial charge in [0.25, 0.3) is 10.0 Å². The summed E-state index contributed by atoms with van der Waals surface area (Å²) >= 11 is 4.44. The predicted molar refractivity (Wildman–Crippen MR) is 80.9 cm³/mol. The van der Waals surface area contributed by atoms with Crippen LogP contribution >= 0.6 is 27.3 Å². The Morgan fingerprint density at radius 1 is 1.30 bits per heavy atom. The minimum atomic E-state index is -3.70. The van der Waals surface area contributed by atoms with E-state index in [0.717, 1.165) is 20.7 Å². The molecule has 0 aliphatic carbocycles. The number of sulfonamides is 1. The van der Waals surface area contributed by atoms with Crippen LogP contribution in [0.1, 0.15) is 11.3 Å². The van der Waals surface area contributed by atoms with Crippen LogP contribution in [-0.4, -0.2) is 25.5 Å². The average Bonchev–Trinajstić information content (AvgIpc) is 2.69. The van der Waals surface area contributed by atoms with Crippen LogP contribution in [0.2, 0.25) is 0 Å². The van der Waals surface area contributed by atoms with Crippen LogP contribution in [0.4, 0.5) is 5.95 Å². The monoisotopic (exact) mass is 377 g/mol. The van der Waals surface area contributed by atoms with Gasteiger partial charge in [-0.3, -0.25) is 0 Å². The molecule has 9 heteroatoms. The highest BCUT2D eigenvalue weighted by atomic mass is 79.9. The molecule has 0 unspecified atom stereocenters. The van der Waals surface area contributed by atoms with E-state index in [1.807, 2.05) is 6.92 Å². The molecule has 108 valence electrons. The molecule has 0 fully saturated rings. The lowest BCUT2D eigenvalue weighted by atomic mass is 10.4. The molecule has 0 bridgehead atoms. The smallest absolute Gasteiger partial charge is 0.273 e. The second kappa shape index (κ2) is 5.66. The third kappa shape index (κ3) is 3.28. The molecule has 0 saturated carbocycles. The molecule has 0 aliphatic heterocycles. The number of anilines is 1. The zero-order valence-electron chi connectivity index (χ0n) is 11.0. The molecule has 2 aromatic rings. The highest BCUT2D eigenvalue weighted by molar-refractivity contribution is 9.11. The Bertz CT molecular complexity index is 724. The highest BCUT2D eigenvalue weighted by Crippen LogP contribution is 2.31. The fraction of sp³-hybridized carbons (Fsp3) is 0.273. The highest BCUT2D eigenvalue weighted by Gasteiger charge is 2.20. The van der Waals surface area contributed by atoms with Gasteiger partial charge in [0, 0.05) is 11.8 Å². The Morgan fingerprint density at radius 2 is 2.00 bits per heavy atom. The predicted octanol–water partition coefficient (Wildman–Crippen LogP) is 2.73. The topological polar surface area (TPSA) is 81.2 Å². The van der Waals surface area contributed by atoms with E-state index >= 15 is 0 Å². The summed E-state index contributed by atoms with van der Waals surface area (Å²) < 4.78 is 32.8. The largest absolute Gasteiger partial charge is 0.481 e. The number of nitrogens with zero attached hydrogens (tertiary/aromatic N) is 2. The van der Waals surface area contributed by atoms with Crippen molar-refractivity contribution >= 4 is 43.2 Å². The first kappa shape index (κ1) is 15.2. The first-order chi connectivity index (χ1) is 9.31. The van der Waals surface area contributed by atoms with Crippen LogP contribution < -0.4 is 9.46 Å². The van der Waals surface area contributed by atoms with Crippen molar-refractivity contribution in [1.82, 2.24) is 9.97 Å². The number of ether oxygens (including phenoxy) is 1. The summed E-state index contributed by atoms with van der Waals surface area (Å²) in [6.07, 6.45) is 0. The number of aromatic nitrogens is 2. The van der Waals surface area contributed by atoms with Gasteiger partial charge in [-0.2, -0.15) is 4.98 Å². The zero-order valence-corrected chi connectivity index (χ0v) is 14.2. The molecule has 2 aromatic heterocycles. The second-order valence-corrected chi connectivity index (χ2v) is 8.28. The van der Waals surface area contributed by atoms with Gasteiger partial charge in [-0.05, 0) is 41.4 Å². The molecule has 2 rings (SSSR count). The molecule has 0 saturated heterocycles. The number of aryl methyl sites for hydroxylation is 2. The number of nitrogens with one attached hydrogen (secondary N) is 1. The van der Waals surface area contributed by atoms with Crippen molar-refractivity contribution in [2.45, 2.75) is 18.1 Å². The molecule has 0 amide bonds. The lowest BCUT2D eigenvalue weighted by Gasteiger charge is -2.07. The molecule has 0 spiro atoms. The summed E-state index contributed by atoms with van der Waals surface area (Å²) in [5, 5.41) is 0. The van der Waals surface area contributed by atoms with E-state index in [4.69, 9.17) is 4.74 Å². The fourth-order valence-corrected chi connectivity index (χ4v) is 4.59. The Morgan fingerprint density at radius 3 is 2.55 bits per heavy atom. The van der Waals surface area contributed by atoms with E-state index in [-0.39, 0.29) is 10.2 Å². The summed E-state index contributed by atoms with van der Waals surface area (Å²) in [6, 6.07) is 3.20. The fourth-order valence-electron chi connectivity index (χ4n) is 1.42. The van der Waals surface area contributed by atoms with Crippen LogP contribution in [0.15, 0.2) is 20.1 Å². The average molecular weight is 378 g/mol. The van der Waals surface area contributed by atoms with E-state index < -0.39 is 10.0 Å². The Balaban J connectivity index is 2.35. The lowest BCUT2D eigenvalue weighted by Crippen LogP contribution is -2.14. The lowest BCUT2D eigenvalue weighted by molar-refractivity contribution is 0.397. The van der Waals surface area contributed by atoms with Crippen LogP contribution in [0, 0.1) is 13.8 Å². The first-order valence-corrected chi connectivity index (χ1v) is 8.59. The van der Waals surface area contributed by atoms with Gasteiger partial charge in [0.05, 0.1) is 10.9 Å². The van der Waals surface area contributed by atoms with E-state index in [9.17, 15) is 8.42 Å². The van der Waals surface area contributed by atoms with Gasteiger partial charge in [0.1, 0.15) is 4.21 Å². The summed E-state index contributed by atoms with van der Waals surface area (Å²) in [4.78, 5) is 7.99. The van der Waals surface area contributed by atoms with Crippen molar-refractivity contribution in [3.63, 3.8) is 0 Å². The van der Waals surface area contributed by atoms with E-state index in [2.05, 4.69) is 30.6 Å². The van der Waals surface area contributed by atoms with Crippen molar-refractivity contribution in [1.29, 1.82) is 0 Å². The second-order valence-electron chi connectivity index (χ2n) is 4.00. The normalized spacial score (nSPS) is 11.4. The molecular formula is C11H12BrN3O3S2. The van der Waals surface area contributed by atoms with Gasteiger partial charge >= 0.3 is 0 Å². The molecular weight excluding hydrogens is 366 g/mol. The van der Waals surface area contributed by atoms with Gasteiger partial charge in [-0.25, -0.2) is 18.1 Å². The van der Waals surface area contributed by atoms with Gasteiger partial charge < -0.3 is 4.74 Å². The number of thiophene rings is 1. The molecule has 20 heavy (non-hydrogen) atoms. The van der Waals surface area contributed by atoms with Gasteiger partial charge in [0.2, 0.25) is 11.8 Å². The zero-order chi connectivity index (χ0) is 14.9. The quantitative estimate of drug-likeness (QED) is 0.885. The standard InChI is InChI=1S/C11H12BrN3O3S2/c1-6-4-9(19-10(6)12)20(16,17)15-11-13-7(2)5-8(14-11)18-3/h4-5H,1-3H3,(H,13,14,15). The number of halogens is 1. The Labute approximate surface area is 129 Å². The van der Waals surface area contributed by atoms with E-state index in [1.54, 1.807) is 19.1 Å². The SMILES string of the molecule is COc1cc(C)nc(NS(=O)(=O)c2cc(C)c(Br)s2)n1. The summed E-state index contributed by atoms with van der Waals surface area (Å²) in [5.74, 6) is 0.294. The molecule has 0 radical (unpaired) electrons. The van der Waals surface area contributed by atoms with Crippen molar-refractivity contribution < 1.29 is 13.2 Å². The van der Waals surface area contributed by atoms with Crippen molar-refractivity contribution in [2.75, 3.05) is 11.8 Å². The van der Waals surface area contributed by atoms with Crippen molar-refractivity contribution in [3.8, 4) is 5.88 Å². The summed E-state index contributed by atoms with van der Waals surface area (Å²) in [5.41, 5.74) is 1.47. The minimum absolute atomic E-state index is 0.0102.